The Balaban J connectivity index is 1.31. The summed E-state index contributed by atoms with van der Waals surface area (Å²) in [6.45, 7) is 0. The molecule has 188 valence electrons. The van der Waals surface area contributed by atoms with E-state index in [2.05, 4.69) is 30.8 Å². The van der Waals surface area contributed by atoms with Gasteiger partial charge in [-0.1, -0.05) is 12.5 Å². The Labute approximate surface area is 200 Å². The van der Waals surface area contributed by atoms with Gasteiger partial charge in [-0.3, -0.25) is 4.40 Å². The van der Waals surface area contributed by atoms with E-state index in [1.165, 1.54) is 0 Å². The first-order valence-corrected chi connectivity index (χ1v) is 13.5. The summed E-state index contributed by atoms with van der Waals surface area (Å²) in [5, 5.41) is 14.0. The van der Waals surface area contributed by atoms with E-state index in [-0.39, 0.29) is 42.6 Å². The number of anilines is 2. The van der Waals surface area contributed by atoms with Crippen LogP contribution in [0, 0.1) is 0 Å². The summed E-state index contributed by atoms with van der Waals surface area (Å²) in [6, 6.07) is 5.28. The lowest BCUT2D eigenvalue weighted by Gasteiger charge is -2.35. The molecule has 2 N–H and O–H groups in total. The zero-order valence-corrected chi connectivity index (χ0v) is 19.8. The van der Waals surface area contributed by atoms with Gasteiger partial charge in [0.15, 0.2) is 5.65 Å². The molecule has 0 aromatic carbocycles. The predicted molar refractivity (Wildman–Crippen MR) is 124 cm³/mol. The van der Waals surface area contributed by atoms with E-state index in [1.807, 2.05) is 28.8 Å². The van der Waals surface area contributed by atoms with Gasteiger partial charge in [-0.2, -0.15) is 18.2 Å². The van der Waals surface area contributed by atoms with Crippen LogP contribution >= 0.6 is 0 Å². The molecule has 5 rings (SSSR count). The van der Waals surface area contributed by atoms with Crippen molar-refractivity contribution in [2.45, 2.75) is 68.0 Å². The third-order valence-corrected chi connectivity index (χ3v) is 8.44. The largest absolute Gasteiger partial charge is 0.421 e. The number of rotatable bonds is 6. The van der Waals surface area contributed by atoms with Gasteiger partial charge in [-0.25, -0.2) is 13.4 Å². The summed E-state index contributed by atoms with van der Waals surface area (Å²) in [7, 11) is -3.21. The molecule has 0 spiro atoms. The van der Waals surface area contributed by atoms with E-state index in [9.17, 15) is 21.6 Å². The van der Waals surface area contributed by atoms with Gasteiger partial charge in [-0.05, 0) is 44.2 Å². The first-order valence-electron chi connectivity index (χ1n) is 11.5. The molecule has 0 aliphatic heterocycles. The van der Waals surface area contributed by atoms with Crippen molar-refractivity contribution < 1.29 is 21.6 Å². The van der Waals surface area contributed by atoms with Crippen LogP contribution in [0.4, 0.5) is 24.9 Å². The maximum Gasteiger partial charge on any atom is 0.421 e. The molecule has 0 unspecified atom stereocenters. The molecule has 2 aliphatic carbocycles. The number of hydrogen-bond donors (Lipinski definition) is 2. The summed E-state index contributed by atoms with van der Waals surface area (Å²) < 4.78 is 65.9. The highest BCUT2D eigenvalue weighted by Crippen LogP contribution is 2.37. The quantitative estimate of drug-likeness (QED) is 0.518. The van der Waals surface area contributed by atoms with Gasteiger partial charge in [0.2, 0.25) is 5.95 Å². The van der Waals surface area contributed by atoms with Gasteiger partial charge < -0.3 is 10.6 Å². The number of nitrogens with one attached hydrogen (secondary N) is 2. The third kappa shape index (κ3) is 5.04. The lowest BCUT2D eigenvalue weighted by Crippen LogP contribution is -2.44. The zero-order valence-electron chi connectivity index (χ0n) is 19.0. The molecule has 3 heterocycles. The van der Waals surface area contributed by atoms with Crippen LogP contribution in [0.2, 0.25) is 0 Å². The summed E-state index contributed by atoms with van der Waals surface area (Å²) >= 11 is 0. The van der Waals surface area contributed by atoms with Crippen molar-refractivity contribution in [1.29, 1.82) is 0 Å². The lowest BCUT2D eigenvalue weighted by atomic mass is 9.85. The van der Waals surface area contributed by atoms with Crippen molar-refractivity contribution in [3.05, 3.63) is 42.0 Å². The third-order valence-electron chi connectivity index (χ3n) is 6.85. The second-order valence-electron chi connectivity index (χ2n) is 9.41. The highest BCUT2D eigenvalue weighted by atomic mass is 32.2. The van der Waals surface area contributed by atoms with E-state index < -0.39 is 26.8 Å². The minimum absolute atomic E-state index is 0.0345. The van der Waals surface area contributed by atoms with E-state index >= 15 is 0 Å². The monoisotopic (exact) mass is 509 g/mol. The first kappa shape index (κ1) is 23.8. The number of halogens is 3. The molecule has 9 nitrogen and oxygen atoms in total. The van der Waals surface area contributed by atoms with Crippen LogP contribution in [0.1, 0.15) is 55.8 Å². The molecule has 2 fully saturated rings. The Morgan fingerprint density at radius 1 is 1.06 bits per heavy atom. The lowest BCUT2D eigenvalue weighted by molar-refractivity contribution is -0.137. The fraction of sp³-hybridized carbons (Fsp3) is 0.545. The normalized spacial score (nSPS) is 25.3. The standard InChI is InChI=1S/C22H26F3N7O2S/c1-35(33,34)16-10-15(11-16)27-19-17(22(23,24)25)12-26-21(29-19)28-14-6-4-5-13(9-14)20-31-30-18-7-2-3-8-32(18)20/h2-3,7-8,12-16H,4-6,9-11H2,1H3,(H2,26,27,28,29)/t13-,14+,15?,16?/m0/s1. The van der Waals surface area contributed by atoms with Gasteiger partial charge in [0.05, 0.1) is 5.25 Å². The van der Waals surface area contributed by atoms with Crippen LogP contribution in [-0.4, -0.2) is 56.6 Å². The highest BCUT2D eigenvalue weighted by Gasteiger charge is 2.40. The van der Waals surface area contributed by atoms with Crippen molar-refractivity contribution in [3.8, 4) is 0 Å². The second-order valence-corrected chi connectivity index (χ2v) is 11.7. The van der Waals surface area contributed by atoms with E-state index in [0.29, 0.717) is 0 Å². The van der Waals surface area contributed by atoms with Gasteiger partial charge in [0.1, 0.15) is 27.0 Å². The molecule has 35 heavy (non-hydrogen) atoms. The predicted octanol–water partition coefficient (Wildman–Crippen LogP) is 3.66. The first-order chi connectivity index (χ1) is 16.6. The molecule has 2 saturated carbocycles. The zero-order chi connectivity index (χ0) is 24.8. The van der Waals surface area contributed by atoms with Gasteiger partial charge >= 0.3 is 6.18 Å². The number of sulfone groups is 1. The van der Waals surface area contributed by atoms with Crippen LogP contribution in [0.15, 0.2) is 30.6 Å². The second kappa shape index (κ2) is 8.92. The van der Waals surface area contributed by atoms with Crippen molar-refractivity contribution in [2.75, 3.05) is 16.9 Å². The fourth-order valence-corrected chi connectivity index (χ4v) is 6.04. The molecule has 0 radical (unpaired) electrons. The van der Waals surface area contributed by atoms with Crippen molar-refractivity contribution in [1.82, 2.24) is 24.6 Å². The number of aromatic nitrogens is 5. The van der Waals surface area contributed by atoms with E-state index in [4.69, 9.17) is 0 Å². The van der Waals surface area contributed by atoms with Crippen LogP contribution in [0.25, 0.3) is 5.65 Å². The van der Waals surface area contributed by atoms with Crippen LogP contribution in [0.5, 0.6) is 0 Å². The Kier molecular flexibility index (Phi) is 6.06. The Bertz CT molecular complexity index is 1320. The summed E-state index contributed by atoms with van der Waals surface area (Å²) in [5.74, 6) is 0.792. The minimum atomic E-state index is -4.63. The molecule has 0 saturated heterocycles. The summed E-state index contributed by atoms with van der Waals surface area (Å²) in [5.41, 5.74) is -0.198. The maximum absolute atomic E-state index is 13.6. The van der Waals surface area contributed by atoms with Gasteiger partial charge in [-0.15, -0.1) is 10.2 Å². The Morgan fingerprint density at radius 2 is 1.86 bits per heavy atom. The number of nitrogens with zero attached hydrogens (tertiary/aromatic N) is 5. The molecular weight excluding hydrogens is 483 g/mol. The number of hydrogen-bond acceptors (Lipinski definition) is 8. The van der Waals surface area contributed by atoms with Crippen molar-refractivity contribution in [3.63, 3.8) is 0 Å². The van der Waals surface area contributed by atoms with Crippen LogP contribution < -0.4 is 10.6 Å². The van der Waals surface area contributed by atoms with Crippen LogP contribution in [0.3, 0.4) is 0 Å². The Morgan fingerprint density at radius 3 is 2.60 bits per heavy atom. The van der Waals surface area contributed by atoms with Gasteiger partial charge in [0.25, 0.3) is 0 Å². The van der Waals surface area contributed by atoms with Gasteiger partial charge in [0, 0.05) is 36.7 Å². The van der Waals surface area contributed by atoms with E-state index in [1.54, 1.807) is 0 Å². The van der Waals surface area contributed by atoms with Crippen LogP contribution in [-0.2, 0) is 16.0 Å². The maximum atomic E-state index is 13.6. The smallest absolute Gasteiger partial charge is 0.367 e. The number of alkyl halides is 3. The molecule has 0 bridgehead atoms. The van der Waals surface area contributed by atoms with Crippen molar-refractivity contribution >= 4 is 27.3 Å². The number of fused-ring (bicyclic) bond motifs is 1. The molecule has 2 aliphatic rings. The SMILES string of the molecule is CS(=O)(=O)C1CC(Nc2nc(N[C@@H]3CCC[C@H](c4nnc5ccccn45)C3)ncc2C(F)(F)F)C1. The molecule has 3 aromatic heterocycles. The van der Waals surface area contributed by atoms with Crippen molar-refractivity contribution in [2.24, 2.45) is 0 Å². The summed E-state index contributed by atoms with van der Waals surface area (Å²) in [4.78, 5) is 8.08. The molecular formula is C22H26F3N7O2S. The molecule has 0 amide bonds. The molecule has 13 heteroatoms. The topological polar surface area (TPSA) is 114 Å². The Hall–Kier alpha value is -2.96. The fourth-order valence-electron chi connectivity index (χ4n) is 4.87. The average molecular weight is 510 g/mol. The minimum Gasteiger partial charge on any atom is -0.367 e. The molecule has 3 aromatic rings. The number of pyridine rings is 1. The summed E-state index contributed by atoms with van der Waals surface area (Å²) in [6.07, 6.45) is 3.12. The average Bonchev–Trinajstić information content (AvgIpc) is 3.19. The van der Waals surface area contributed by atoms with E-state index in [0.717, 1.165) is 49.6 Å². The molecule has 2 atom stereocenters. The highest BCUT2D eigenvalue weighted by molar-refractivity contribution is 7.91.